The predicted molar refractivity (Wildman–Crippen MR) is 62.1 cm³/mol. The van der Waals surface area contributed by atoms with E-state index in [1.165, 1.54) is 7.11 Å². The highest BCUT2D eigenvalue weighted by atomic mass is 35.5. The second kappa shape index (κ2) is 4.14. The van der Waals surface area contributed by atoms with Gasteiger partial charge in [0.1, 0.15) is 6.04 Å². The van der Waals surface area contributed by atoms with Crippen molar-refractivity contribution in [2.45, 2.75) is 19.9 Å². The van der Waals surface area contributed by atoms with Gasteiger partial charge in [-0.1, -0.05) is 13.8 Å². The fourth-order valence-corrected chi connectivity index (χ4v) is 3.21. The number of halogens is 1. The van der Waals surface area contributed by atoms with Crippen molar-refractivity contribution >= 4 is 23.7 Å². The summed E-state index contributed by atoms with van der Waals surface area (Å²) in [7, 11) is 1.35. The minimum Gasteiger partial charge on any atom is -0.467 e. The summed E-state index contributed by atoms with van der Waals surface area (Å²) in [6.07, 6.45) is 0. The third-order valence-corrected chi connectivity index (χ3v) is 4.32. The minimum atomic E-state index is -0.447. The molecule has 6 heteroatoms. The number of carbonyl (C=O) groups is 2. The summed E-state index contributed by atoms with van der Waals surface area (Å²) in [6.45, 7) is 4.91. The van der Waals surface area contributed by atoms with Crippen molar-refractivity contribution in [3.05, 3.63) is 0 Å². The predicted octanol–water partition coefficient (Wildman–Crippen LogP) is 0.386. The Morgan fingerprint density at radius 1 is 1.53 bits per heavy atom. The molecule has 1 saturated carbocycles. The lowest BCUT2D eigenvalue weighted by molar-refractivity contribution is -0.152. The molecule has 0 radical (unpaired) electrons. The Bertz CT molecular complexity index is 359. The van der Waals surface area contributed by atoms with Crippen LogP contribution in [0.1, 0.15) is 13.8 Å². The Morgan fingerprint density at radius 2 is 2.18 bits per heavy atom. The maximum atomic E-state index is 11.8. The van der Waals surface area contributed by atoms with Crippen molar-refractivity contribution in [3.8, 4) is 0 Å². The van der Waals surface area contributed by atoms with E-state index in [9.17, 15) is 9.59 Å². The average Bonchev–Trinajstić information content (AvgIpc) is 2.66. The highest BCUT2D eigenvalue weighted by molar-refractivity contribution is 6.14. The SMILES string of the molecule is COC(=O)[C@@H]1[C@@H]2[C@H](CN1C(=O)CNCl)C2(C)C. The number of likely N-dealkylation sites (tertiary alicyclic amines) is 1. The van der Waals surface area contributed by atoms with E-state index in [-0.39, 0.29) is 29.8 Å². The van der Waals surface area contributed by atoms with Crippen molar-refractivity contribution in [1.82, 2.24) is 9.74 Å². The van der Waals surface area contributed by atoms with Crippen LogP contribution >= 0.6 is 11.8 Å². The highest BCUT2D eigenvalue weighted by Crippen LogP contribution is 2.64. The van der Waals surface area contributed by atoms with Gasteiger partial charge in [-0.15, -0.1) is 0 Å². The number of amides is 1. The maximum Gasteiger partial charge on any atom is 0.328 e. The maximum absolute atomic E-state index is 11.8. The molecule has 1 aliphatic heterocycles. The van der Waals surface area contributed by atoms with Gasteiger partial charge in [0, 0.05) is 12.5 Å². The zero-order chi connectivity index (χ0) is 12.8. The van der Waals surface area contributed by atoms with Gasteiger partial charge in [0.2, 0.25) is 5.91 Å². The molecule has 0 unspecified atom stereocenters. The molecule has 1 heterocycles. The lowest BCUT2D eigenvalue weighted by Crippen LogP contribution is -2.48. The van der Waals surface area contributed by atoms with Gasteiger partial charge in [0.15, 0.2) is 0 Å². The first-order chi connectivity index (χ1) is 7.95. The molecule has 1 saturated heterocycles. The molecule has 2 rings (SSSR count). The number of esters is 1. The molecular formula is C11H17ClN2O3. The summed E-state index contributed by atoms with van der Waals surface area (Å²) in [6, 6.07) is -0.447. The molecule has 1 N–H and O–H groups in total. The molecule has 0 aromatic carbocycles. The van der Waals surface area contributed by atoms with Gasteiger partial charge in [-0.3, -0.25) is 4.79 Å². The minimum absolute atomic E-state index is 0.0366. The first-order valence-electron chi connectivity index (χ1n) is 5.66. The first kappa shape index (κ1) is 12.6. The van der Waals surface area contributed by atoms with Crippen molar-refractivity contribution < 1.29 is 14.3 Å². The van der Waals surface area contributed by atoms with Gasteiger partial charge in [-0.05, 0) is 23.1 Å². The summed E-state index contributed by atoms with van der Waals surface area (Å²) >= 11 is 5.33. The van der Waals surface area contributed by atoms with E-state index < -0.39 is 6.04 Å². The topological polar surface area (TPSA) is 58.6 Å². The number of hydrogen-bond donors (Lipinski definition) is 1. The fourth-order valence-electron chi connectivity index (χ4n) is 3.09. The van der Waals surface area contributed by atoms with Crippen LogP contribution in [-0.2, 0) is 14.3 Å². The molecular weight excluding hydrogens is 244 g/mol. The van der Waals surface area contributed by atoms with Crippen molar-refractivity contribution in [2.24, 2.45) is 17.3 Å². The third kappa shape index (κ3) is 1.81. The van der Waals surface area contributed by atoms with E-state index in [0.29, 0.717) is 12.5 Å². The van der Waals surface area contributed by atoms with E-state index >= 15 is 0 Å². The molecule has 2 aliphatic rings. The highest BCUT2D eigenvalue weighted by Gasteiger charge is 2.69. The van der Waals surface area contributed by atoms with Crippen LogP contribution in [-0.4, -0.2) is 43.0 Å². The van der Waals surface area contributed by atoms with Gasteiger partial charge in [0.05, 0.1) is 13.7 Å². The number of carbonyl (C=O) groups excluding carboxylic acids is 2. The first-order valence-corrected chi connectivity index (χ1v) is 6.03. The van der Waals surface area contributed by atoms with Crippen LogP contribution in [0.5, 0.6) is 0 Å². The summed E-state index contributed by atoms with van der Waals surface area (Å²) in [4.78, 5) is 27.5. The van der Waals surface area contributed by atoms with Crippen LogP contribution < -0.4 is 4.84 Å². The zero-order valence-corrected chi connectivity index (χ0v) is 11.0. The Morgan fingerprint density at radius 3 is 2.71 bits per heavy atom. The lowest BCUT2D eigenvalue weighted by atomic mass is 10.0. The number of rotatable bonds is 3. The van der Waals surface area contributed by atoms with Crippen LogP contribution in [0.3, 0.4) is 0 Å². The van der Waals surface area contributed by atoms with Crippen LogP contribution in [0, 0.1) is 17.3 Å². The quantitative estimate of drug-likeness (QED) is 0.589. The standard InChI is InChI=1S/C11H17ClN2O3/c1-11(2)6-5-14(7(15)4-13-12)9(8(6)11)10(16)17-3/h6,8-9,13H,4-5H2,1-3H3/t6-,8-,9-/m0/s1. The van der Waals surface area contributed by atoms with Gasteiger partial charge in [-0.2, -0.15) is 0 Å². The lowest BCUT2D eigenvalue weighted by Gasteiger charge is -2.28. The summed E-state index contributed by atoms with van der Waals surface area (Å²) in [5.41, 5.74) is 0.129. The van der Waals surface area contributed by atoms with Crippen molar-refractivity contribution in [3.63, 3.8) is 0 Å². The Balaban J connectivity index is 2.15. The summed E-state index contributed by atoms with van der Waals surface area (Å²) in [5.74, 6) is 0.129. The molecule has 5 nitrogen and oxygen atoms in total. The van der Waals surface area contributed by atoms with E-state index in [1.807, 2.05) is 0 Å². The number of nitrogens with zero attached hydrogens (tertiary/aromatic N) is 1. The average molecular weight is 261 g/mol. The van der Waals surface area contributed by atoms with E-state index in [1.54, 1.807) is 4.90 Å². The van der Waals surface area contributed by atoms with Crippen LogP contribution in [0.25, 0.3) is 0 Å². The molecule has 2 fully saturated rings. The second-order valence-corrected chi connectivity index (χ2v) is 5.55. The van der Waals surface area contributed by atoms with Gasteiger partial charge < -0.3 is 9.64 Å². The molecule has 3 atom stereocenters. The number of methoxy groups -OCH3 is 1. The fraction of sp³-hybridized carbons (Fsp3) is 0.818. The molecule has 0 aromatic heterocycles. The molecule has 0 bridgehead atoms. The van der Waals surface area contributed by atoms with Gasteiger partial charge in [-0.25, -0.2) is 9.63 Å². The number of fused-ring (bicyclic) bond motifs is 1. The third-order valence-electron chi connectivity index (χ3n) is 4.19. The normalized spacial score (nSPS) is 33.2. The second-order valence-electron chi connectivity index (χ2n) is 5.28. The Hall–Kier alpha value is -0.810. The number of piperidine rings is 1. The molecule has 0 spiro atoms. The van der Waals surface area contributed by atoms with Gasteiger partial charge in [0.25, 0.3) is 0 Å². The molecule has 0 aromatic rings. The van der Waals surface area contributed by atoms with Crippen LogP contribution in [0.2, 0.25) is 0 Å². The van der Waals surface area contributed by atoms with Crippen LogP contribution in [0.4, 0.5) is 0 Å². The largest absolute Gasteiger partial charge is 0.467 e. The number of hydrogen-bond acceptors (Lipinski definition) is 4. The van der Waals surface area contributed by atoms with Gasteiger partial charge >= 0.3 is 5.97 Å². The molecule has 1 amide bonds. The Kier molecular flexibility index (Phi) is 3.08. The smallest absolute Gasteiger partial charge is 0.328 e. The van der Waals surface area contributed by atoms with E-state index in [0.717, 1.165) is 0 Å². The Labute approximate surface area is 106 Å². The molecule has 17 heavy (non-hydrogen) atoms. The van der Waals surface area contributed by atoms with Crippen LogP contribution in [0.15, 0.2) is 0 Å². The van der Waals surface area contributed by atoms with E-state index in [4.69, 9.17) is 16.5 Å². The zero-order valence-electron chi connectivity index (χ0n) is 10.2. The molecule has 96 valence electrons. The summed E-state index contributed by atoms with van der Waals surface area (Å²) < 4.78 is 4.80. The monoisotopic (exact) mass is 260 g/mol. The number of ether oxygens (including phenoxy) is 1. The van der Waals surface area contributed by atoms with E-state index in [2.05, 4.69) is 18.7 Å². The molecule has 1 aliphatic carbocycles. The van der Waals surface area contributed by atoms with Crippen molar-refractivity contribution in [1.29, 1.82) is 0 Å². The summed E-state index contributed by atoms with van der Waals surface area (Å²) in [5, 5.41) is 0. The number of nitrogens with one attached hydrogen (secondary N) is 1. The van der Waals surface area contributed by atoms with Crippen molar-refractivity contribution in [2.75, 3.05) is 20.2 Å².